The zero-order valence-electron chi connectivity index (χ0n) is 9.72. The number of urea groups is 1. The van der Waals surface area contributed by atoms with Gasteiger partial charge in [-0.25, -0.2) is 9.78 Å². The highest BCUT2D eigenvalue weighted by molar-refractivity contribution is 8.00. The number of halogens is 1. The first-order valence-electron chi connectivity index (χ1n) is 5.46. The minimum Gasteiger partial charge on any atom is -0.336 e. The van der Waals surface area contributed by atoms with Gasteiger partial charge in [-0.15, -0.1) is 0 Å². The number of hydrogen-bond acceptors (Lipinski definition) is 4. The fourth-order valence-corrected chi connectivity index (χ4v) is 2.70. The molecule has 2 heterocycles. The largest absolute Gasteiger partial charge is 0.336 e. The van der Waals surface area contributed by atoms with Gasteiger partial charge in [-0.05, 0) is 19.1 Å². The topological polar surface area (TPSA) is 62.3 Å². The summed E-state index contributed by atoms with van der Waals surface area (Å²) < 4.78 is 0. The molecule has 0 aliphatic carbocycles. The van der Waals surface area contributed by atoms with Crippen LogP contribution in [0.2, 0.25) is 5.02 Å². The summed E-state index contributed by atoms with van der Waals surface area (Å²) in [5, 5.41) is 3.30. The van der Waals surface area contributed by atoms with Crippen molar-refractivity contribution in [3.63, 3.8) is 0 Å². The second kappa shape index (κ2) is 5.58. The van der Waals surface area contributed by atoms with Crippen LogP contribution in [-0.2, 0) is 4.79 Å². The van der Waals surface area contributed by atoms with Crippen molar-refractivity contribution in [2.24, 2.45) is 0 Å². The number of pyridine rings is 1. The van der Waals surface area contributed by atoms with Gasteiger partial charge >= 0.3 is 6.03 Å². The normalized spacial score (nSPS) is 16.6. The van der Waals surface area contributed by atoms with E-state index in [9.17, 15) is 9.59 Å². The highest BCUT2D eigenvalue weighted by atomic mass is 35.5. The number of rotatable bonds is 3. The maximum absolute atomic E-state index is 12.0. The molecule has 2 rings (SSSR count). The van der Waals surface area contributed by atoms with E-state index in [-0.39, 0.29) is 11.9 Å². The highest BCUT2D eigenvalue weighted by Gasteiger charge is 2.30. The van der Waals surface area contributed by atoms with Gasteiger partial charge in [0, 0.05) is 19.3 Å². The lowest BCUT2D eigenvalue weighted by atomic mass is 10.4. The van der Waals surface area contributed by atoms with Gasteiger partial charge in [0.2, 0.25) is 5.91 Å². The maximum atomic E-state index is 12.0. The van der Waals surface area contributed by atoms with Crippen molar-refractivity contribution < 1.29 is 9.59 Å². The number of amides is 3. The molecule has 0 aromatic carbocycles. The van der Waals surface area contributed by atoms with Crippen LogP contribution >= 0.6 is 23.4 Å². The molecule has 5 nitrogen and oxygen atoms in total. The number of imide groups is 1. The number of nitrogens with one attached hydrogen (secondary N) is 1. The van der Waals surface area contributed by atoms with Gasteiger partial charge in [-0.1, -0.05) is 23.4 Å². The fraction of sp³-hybridized carbons (Fsp3) is 0.364. The van der Waals surface area contributed by atoms with Gasteiger partial charge in [0.15, 0.2) is 0 Å². The summed E-state index contributed by atoms with van der Waals surface area (Å²) in [7, 11) is 0. The Labute approximate surface area is 114 Å². The number of aromatic nitrogens is 1. The summed E-state index contributed by atoms with van der Waals surface area (Å²) in [5.74, 6) is -0.225. The fourth-order valence-electron chi connectivity index (χ4n) is 1.58. The molecule has 3 amide bonds. The van der Waals surface area contributed by atoms with Crippen LogP contribution in [0.5, 0.6) is 0 Å². The lowest BCUT2D eigenvalue weighted by molar-refractivity contribution is -0.126. The van der Waals surface area contributed by atoms with Crippen molar-refractivity contribution in [2.75, 3.05) is 13.1 Å². The number of carbonyl (C=O) groups is 2. The minimum atomic E-state index is -0.402. The van der Waals surface area contributed by atoms with Crippen LogP contribution in [0.1, 0.15) is 6.92 Å². The Kier molecular flexibility index (Phi) is 4.08. The third-order valence-corrected chi connectivity index (χ3v) is 4.00. The van der Waals surface area contributed by atoms with Crippen LogP contribution < -0.4 is 5.32 Å². The summed E-state index contributed by atoms with van der Waals surface area (Å²) in [6.07, 6.45) is 1.62. The molecule has 1 N–H and O–H groups in total. The van der Waals surface area contributed by atoms with Gasteiger partial charge in [0.05, 0.1) is 10.3 Å². The van der Waals surface area contributed by atoms with E-state index in [0.29, 0.717) is 23.1 Å². The summed E-state index contributed by atoms with van der Waals surface area (Å²) in [5.41, 5.74) is 0. The molecule has 0 spiro atoms. The van der Waals surface area contributed by atoms with E-state index >= 15 is 0 Å². The summed E-state index contributed by atoms with van der Waals surface area (Å²) in [6.45, 7) is 2.66. The number of thioether (sulfide) groups is 1. The summed E-state index contributed by atoms with van der Waals surface area (Å²) >= 11 is 7.23. The molecule has 1 aliphatic rings. The molecule has 1 aliphatic heterocycles. The lowest BCUT2D eigenvalue weighted by Crippen LogP contribution is -2.38. The predicted molar refractivity (Wildman–Crippen MR) is 69.7 cm³/mol. The van der Waals surface area contributed by atoms with Crippen molar-refractivity contribution in [3.8, 4) is 0 Å². The molecule has 0 bridgehead atoms. The second-order valence-electron chi connectivity index (χ2n) is 3.77. The van der Waals surface area contributed by atoms with Crippen LogP contribution in [0.3, 0.4) is 0 Å². The van der Waals surface area contributed by atoms with E-state index in [1.807, 2.05) is 0 Å². The smallest absolute Gasteiger partial charge is 0.324 e. The van der Waals surface area contributed by atoms with E-state index < -0.39 is 5.25 Å². The first-order valence-corrected chi connectivity index (χ1v) is 6.71. The number of nitrogens with zero attached hydrogens (tertiary/aromatic N) is 2. The Morgan fingerprint density at radius 2 is 2.44 bits per heavy atom. The van der Waals surface area contributed by atoms with E-state index in [4.69, 9.17) is 11.6 Å². The summed E-state index contributed by atoms with van der Waals surface area (Å²) in [6, 6.07) is 3.11. The van der Waals surface area contributed by atoms with Crippen molar-refractivity contribution in [3.05, 3.63) is 23.4 Å². The van der Waals surface area contributed by atoms with Gasteiger partial charge < -0.3 is 5.32 Å². The van der Waals surface area contributed by atoms with Crippen LogP contribution in [-0.4, -0.2) is 40.2 Å². The van der Waals surface area contributed by atoms with Gasteiger partial charge in [0.25, 0.3) is 0 Å². The standard InChI is InChI=1S/C11H12ClN3O2S/c1-7(10(16)15-6-5-14-11(15)17)18-9-8(12)3-2-4-13-9/h2-4,7H,5-6H2,1H3,(H,14,17). The third-order valence-electron chi connectivity index (χ3n) is 2.48. The average Bonchev–Trinajstić information content (AvgIpc) is 2.77. The summed E-state index contributed by atoms with van der Waals surface area (Å²) in [4.78, 5) is 28.8. The quantitative estimate of drug-likeness (QED) is 0.860. The molecule has 18 heavy (non-hydrogen) atoms. The molecule has 0 radical (unpaired) electrons. The Morgan fingerprint density at radius 1 is 1.67 bits per heavy atom. The molecule has 1 atom stereocenters. The molecular weight excluding hydrogens is 274 g/mol. The first kappa shape index (κ1) is 13.2. The molecule has 7 heteroatoms. The van der Waals surface area contributed by atoms with Crippen molar-refractivity contribution in [1.82, 2.24) is 15.2 Å². The van der Waals surface area contributed by atoms with E-state index in [2.05, 4.69) is 10.3 Å². The highest BCUT2D eigenvalue weighted by Crippen LogP contribution is 2.28. The number of hydrogen-bond donors (Lipinski definition) is 1. The molecule has 1 aromatic heterocycles. The Bertz CT molecular complexity index is 483. The van der Waals surface area contributed by atoms with Crippen LogP contribution in [0, 0.1) is 0 Å². The molecule has 1 unspecified atom stereocenters. The molecule has 96 valence electrons. The van der Waals surface area contributed by atoms with E-state index in [1.54, 1.807) is 25.3 Å². The predicted octanol–water partition coefficient (Wildman–Crippen LogP) is 1.77. The first-order chi connectivity index (χ1) is 8.59. The maximum Gasteiger partial charge on any atom is 0.324 e. The van der Waals surface area contributed by atoms with Crippen LogP contribution in [0.25, 0.3) is 0 Å². The third kappa shape index (κ3) is 2.76. The van der Waals surface area contributed by atoms with Crippen LogP contribution in [0.4, 0.5) is 4.79 Å². The van der Waals surface area contributed by atoms with Crippen LogP contribution in [0.15, 0.2) is 23.4 Å². The zero-order chi connectivity index (χ0) is 13.1. The van der Waals surface area contributed by atoms with Crippen molar-refractivity contribution in [2.45, 2.75) is 17.2 Å². The second-order valence-corrected chi connectivity index (χ2v) is 5.51. The van der Waals surface area contributed by atoms with Gasteiger partial charge in [0.1, 0.15) is 5.03 Å². The Morgan fingerprint density at radius 3 is 3.06 bits per heavy atom. The Hall–Kier alpha value is -1.27. The van der Waals surface area contributed by atoms with E-state index in [0.717, 1.165) is 0 Å². The monoisotopic (exact) mass is 285 g/mol. The Balaban J connectivity index is 2.04. The molecular formula is C11H12ClN3O2S. The average molecular weight is 286 g/mol. The SMILES string of the molecule is CC(Sc1ncccc1Cl)C(=O)N1CCNC1=O. The minimum absolute atomic E-state index is 0.225. The molecule has 1 fully saturated rings. The number of carbonyl (C=O) groups excluding carboxylic acids is 2. The van der Waals surface area contributed by atoms with Gasteiger partial charge in [-0.2, -0.15) is 0 Å². The van der Waals surface area contributed by atoms with Crippen molar-refractivity contribution >= 4 is 35.3 Å². The molecule has 1 saturated heterocycles. The zero-order valence-corrected chi connectivity index (χ0v) is 11.3. The van der Waals surface area contributed by atoms with E-state index in [1.165, 1.54) is 16.7 Å². The van der Waals surface area contributed by atoms with Gasteiger partial charge in [-0.3, -0.25) is 9.69 Å². The van der Waals surface area contributed by atoms with Crippen molar-refractivity contribution in [1.29, 1.82) is 0 Å². The lowest BCUT2D eigenvalue weighted by Gasteiger charge is -2.17. The molecule has 0 saturated carbocycles. The molecule has 1 aromatic rings.